The summed E-state index contributed by atoms with van der Waals surface area (Å²) in [4.78, 5) is 0. The van der Waals surface area contributed by atoms with Gasteiger partial charge in [-0.1, -0.05) is 212 Å². The monoisotopic (exact) mass is 907 g/mol. The lowest BCUT2D eigenvalue weighted by molar-refractivity contribution is 1.15. The summed E-state index contributed by atoms with van der Waals surface area (Å²) in [7, 11) is -2.67. The summed E-state index contributed by atoms with van der Waals surface area (Å²) < 4.78 is 7.46. The van der Waals surface area contributed by atoms with E-state index in [2.05, 4.69) is 287 Å². The van der Waals surface area contributed by atoms with Gasteiger partial charge in [-0.25, -0.2) is 0 Å². The van der Waals surface area contributed by atoms with Crippen molar-refractivity contribution in [1.82, 2.24) is 13.7 Å². The fourth-order valence-electron chi connectivity index (χ4n) is 11.9. The molecule has 0 aliphatic rings. The van der Waals surface area contributed by atoms with E-state index >= 15 is 0 Å². The van der Waals surface area contributed by atoms with Crippen LogP contribution < -0.4 is 20.7 Å². The quantitative estimate of drug-likeness (QED) is 0.101. The fourth-order valence-corrected chi connectivity index (χ4v) is 16.6. The molecule has 3 aromatic heterocycles. The van der Waals surface area contributed by atoms with Crippen LogP contribution >= 0.6 is 0 Å². The van der Waals surface area contributed by atoms with Gasteiger partial charge in [-0.15, -0.1) is 0 Å². The van der Waals surface area contributed by atoms with Gasteiger partial charge in [0.1, 0.15) is 0 Å². The molecule has 0 spiro atoms. The number of aromatic nitrogens is 3. The van der Waals surface area contributed by atoms with Crippen LogP contribution in [0.2, 0.25) is 0 Å². The number of benzene rings is 11. The fraction of sp³-hybridized carbons (Fsp3) is 0. The first-order chi connectivity index (χ1) is 34.8. The van der Waals surface area contributed by atoms with Gasteiger partial charge in [0.15, 0.2) is 8.07 Å². The Labute approximate surface area is 407 Å². The van der Waals surface area contributed by atoms with Crippen LogP contribution in [0.3, 0.4) is 0 Å². The first-order valence-corrected chi connectivity index (χ1v) is 26.2. The molecule has 11 aromatic carbocycles. The minimum Gasteiger partial charge on any atom is -0.309 e. The molecule has 70 heavy (non-hydrogen) atoms. The van der Waals surface area contributed by atoms with Crippen LogP contribution in [0.1, 0.15) is 0 Å². The second kappa shape index (κ2) is 16.1. The molecule has 0 saturated carbocycles. The van der Waals surface area contributed by atoms with Crippen molar-refractivity contribution in [3.63, 3.8) is 0 Å². The molecular formula is C66H45N3Si. The molecule has 14 aromatic rings. The van der Waals surface area contributed by atoms with Crippen LogP contribution in [0.5, 0.6) is 0 Å². The molecule has 0 atom stereocenters. The van der Waals surface area contributed by atoms with Crippen molar-refractivity contribution in [3.8, 4) is 39.3 Å². The molecule has 0 fully saturated rings. The molecule has 3 nitrogen and oxygen atoms in total. The Balaban J connectivity index is 0.944. The molecule has 0 aliphatic carbocycles. The van der Waals surface area contributed by atoms with E-state index in [1.54, 1.807) is 0 Å². The molecule has 14 rings (SSSR count). The Morgan fingerprint density at radius 1 is 0.243 bits per heavy atom. The summed E-state index contributed by atoms with van der Waals surface area (Å²) in [5.74, 6) is 0. The maximum Gasteiger partial charge on any atom is 0.179 e. The van der Waals surface area contributed by atoms with E-state index in [0.29, 0.717) is 0 Å². The van der Waals surface area contributed by atoms with Crippen LogP contribution in [-0.2, 0) is 0 Å². The van der Waals surface area contributed by atoms with Gasteiger partial charge >= 0.3 is 0 Å². The van der Waals surface area contributed by atoms with Gasteiger partial charge in [-0.2, -0.15) is 0 Å². The van der Waals surface area contributed by atoms with E-state index in [0.717, 1.165) is 11.4 Å². The maximum atomic E-state index is 2.52. The first-order valence-electron chi connectivity index (χ1n) is 24.2. The van der Waals surface area contributed by atoms with E-state index in [1.165, 1.54) is 103 Å². The van der Waals surface area contributed by atoms with Gasteiger partial charge in [0.25, 0.3) is 0 Å². The summed E-state index contributed by atoms with van der Waals surface area (Å²) in [6.45, 7) is 0. The van der Waals surface area contributed by atoms with Gasteiger partial charge in [0, 0.05) is 44.0 Å². The minimum atomic E-state index is -2.67. The molecule has 0 aliphatic heterocycles. The number of nitrogens with zero attached hydrogens (tertiary/aromatic N) is 3. The number of hydrogen-bond donors (Lipinski definition) is 0. The Morgan fingerprint density at radius 3 is 1.13 bits per heavy atom. The minimum absolute atomic E-state index is 1.14. The molecule has 0 saturated heterocycles. The highest BCUT2D eigenvalue weighted by Gasteiger charge is 2.41. The number of para-hydroxylation sites is 2. The van der Waals surface area contributed by atoms with Crippen LogP contribution in [0.4, 0.5) is 0 Å². The summed E-state index contributed by atoms with van der Waals surface area (Å²) in [5.41, 5.74) is 15.4. The highest BCUT2D eigenvalue weighted by atomic mass is 28.3. The van der Waals surface area contributed by atoms with Gasteiger partial charge in [0.2, 0.25) is 0 Å². The molecule has 0 amide bonds. The second-order valence-corrected chi connectivity index (χ2v) is 22.2. The molecule has 0 bridgehead atoms. The zero-order valence-corrected chi connectivity index (χ0v) is 39.3. The average molecular weight is 908 g/mol. The molecule has 3 heterocycles. The third-order valence-corrected chi connectivity index (χ3v) is 19.6. The van der Waals surface area contributed by atoms with Crippen molar-refractivity contribution >= 4 is 83.5 Å². The predicted octanol–water partition coefficient (Wildman–Crippen LogP) is 14.0. The lowest BCUT2D eigenvalue weighted by Gasteiger charge is -2.34. The molecule has 0 unspecified atom stereocenters. The highest BCUT2D eigenvalue weighted by molar-refractivity contribution is 7.19. The Morgan fingerprint density at radius 2 is 0.614 bits per heavy atom. The first kappa shape index (κ1) is 40.1. The summed E-state index contributed by atoms with van der Waals surface area (Å²) in [6.07, 6.45) is 0. The van der Waals surface area contributed by atoms with Crippen LogP contribution in [0, 0.1) is 0 Å². The van der Waals surface area contributed by atoms with Crippen molar-refractivity contribution in [2.24, 2.45) is 0 Å². The summed E-state index contributed by atoms with van der Waals surface area (Å²) in [5, 5.41) is 10.5. The predicted molar refractivity (Wildman–Crippen MR) is 298 cm³/mol. The number of rotatable bonds is 9. The van der Waals surface area contributed by atoms with Gasteiger partial charge in [-0.3, -0.25) is 0 Å². The summed E-state index contributed by atoms with van der Waals surface area (Å²) >= 11 is 0. The van der Waals surface area contributed by atoms with Gasteiger partial charge in [-0.05, 0) is 92.5 Å². The topological polar surface area (TPSA) is 14.8 Å². The van der Waals surface area contributed by atoms with Crippen molar-refractivity contribution in [3.05, 3.63) is 273 Å². The Bertz CT molecular complexity index is 3970. The molecule has 0 N–H and O–H groups in total. The second-order valence-electron chi connectivity index (χ2n) is 18.4. The Hall–Kier alpha value is -8.96. The lowest BCUT2D eigenvalue weighted by atomic mass is 9.95. The van der Waals surface area contributed by atoms with Crippen molar-refractivity contribution in [1.29, 1.82) is 0 Å². The van der Waals surface area contributed by atoms with E-state index < -0.39 is 8.07 Å². The third kappa shape index (κ3) is 5.94. The van der Waals surface area contributed by atoms with Crippen LogP contribution in [-0.4, -0.2) is 21.8 Å². The molecular weight excluding hydrogens is 863 g/mol. The number of hydrogen-bond acceptors (Lipinski definition) is 0. The number of fused-ring (bicyclic) bond motifs is 3. The normalized spacial score (nSPS) is 12.0. The van der Waals surface area contributed by atoms with Crippen molar-refractivity contribution < 1.29 is 0 Å². The maximum absolute atomic E-state index is 2.67. The SMILES string of the molecule is c1ccc(-c2cccc(-c3ccccc3)c2-n2c3cccc4c3c3c(cccc32)n4-c2ccc3c(c2)c2ccccc2n3-c2ccc([Si](c3ccccc3)(c3ccccc3)c3ccccc3)cc2)cc1. The van der Waals surface area contributed by atoms with Crippen molar-refractivity contribution in [2.75, 3.05) is 0 Å². The van der Waals surface area contributed by atoms with Crippen LogP contribution in [0.15, 0.2) is 273 Å². The largest absolute Gasteiger partial charge is 0.309 e. The third-order valence-electron chi connectivity index (χ3n) is 14.8. The zero-order valence-electron chi connectivity index (χ0n) is 38.3. The van der Waals surface area contributed by atoms with E-state index in [4.69, 9.17) is 0 Å². The van der Waals surface area contributed by atoms with Crippen molar-refractivity contribution in [2.45, 2.75) is 0 Å². The average Bonchev–Trinajstić information content (AvgIpc) is 4.09. The molecule has 4 heteroatoms. The van der Waals surface area contributed by atoms with E-state index in [-0.39, 0.29) is 0 Å². The van der Waals surface area contributed by atoms with E-state index in [1.807, 2.05) is 0 Å². The highest BCUT2D eigenvalue weighted by Crippen LogP contribution is 2.46. The lowest BCUT2D eigenvalue weighted by Crippen LogP contribution is -2.74. The molecule has 0 radical (unpaired) electrons. The van der Waals surface area contributed by atoms with Crippen LogP contribution in [0.25, 0.3) is 94.0 Å². The van der Waals surface area contributed by atoms with E-state index in [9.17, 15) is 0 Å². The van der Waals surface area contributed by atoms with Gasteiger partial charge in [0.05, 0.1) is 38.8 Å². The zero-order chi connectivity index (χ0) is 46.2. The summed E-state index contributed by atoms with van der Waals surface area (Å²) in [6, 6.07) is 101. The Kier molecular flexibility index (Phi) is 9.23. The van der Waals surface area contributed by atoms with Gasteiger partial charge < -0.3 is 13.7 Å². The standard InChI is InChI=1S/C66H45N3Si/c1-6-21-46(22-7-1)54-32-18-33-55(47-23-8-2-9-24-47)66(54)69-62-37-19-35-60-64(62)65-61(36-20-38-63(65)69)68(60)49-41-44-59-57(45-49)56-31-16-17-34-58(56)67(59)48-39-42-53(43-40-48)70(50-25-10-3-11-26-50,51-27-12-4-13-28-51)52-29-14-5-15-30-52/h1-45H. The molecule has 328 valence electrons. The smallest absolute Gasteiger partial charge is 0.179 e.